The van der Waals surface area contributed by atoms with E-state index in [-0.39, 0.29) is 11.6 Å². The Morgan fingerprint density at radius 2 is 1.81 bits per heavy atom. The minimum Gasteiger partial charge on any atom is -0.322 e. The predicted molar refractivity (Wildman–Crippen MR) is 99.9 cm³/mol. The topological polar surface area (TPSA) is 115 Å². The number of carbonyl (C=O) groups excluding carboxylic acids is 1. The average Bonchev–Trinajstić information content (AvgIpc) is 3.25. The highest BCUT2D eigenvalue weighted by molar-refractivity contribution is 7.19. The van der Waals surface area contributed by atoms with Gasteiger partial charge in [0.15, 0.2) is 5.82 Å². The summed E-state index contributed by atoms with van der Waals surface area (Å²) in [5, 5.41) is 26.7. The molecule has 0 saturated carbocycles. The molecule has 4 rings (SSSR count). The van der Waals surface area contributed by atoms with Crippen molar-refractivity contribution in [1.29, 1.82) is 0 Å². The van der Waals surface area contributed by atoms with E-state index in [4.69, 9.17) is 0 Å². The molecule has 0 saturated heterocycles. The number of carbonyl (C=O) groups is 1. The van der Waals surface area contributed by atoms with Gasteiger partial charge in [-0.15, -0.1) is 10.2 Å². The van der Waals surface area contributed by atoms with E-state index in [1.807, 2.05) is 19.1 Å². The smallest absolute Gasteiger partial charge is 0.269 e. The molecule has 0 aliphatic carbocycles. The van der Waals surface area contributed by atoms with Crippen LogP contribution in [0.2, 0.25) is 0 Å². The van der Waals surface area contributed by atoms with Gasteiger partial charge in [-0.1, -0.05) is 11.3 Å². The first-order valence-electron chi connectivity index (χ1n) is 7.86. The highest BCUT2D eigenvalue weighted by atomic mass is 32.1. The molecular weight excluding hydrogens is 368 g/mol. The summed E-state index contributed by atoms with van der Waals surface area (Å²) < 4.78 is 1.68. The van der Waals surface area contributed by atoms with Gasteiger partial charge in [-0.3, -0.25) is 14.9 Å². The average molecular weight is 380 g/mol. The molecule has 1 N–H and O–H groups in total. The zero-order valence-electron chi connectivity index (χ0n) is 14.0. The lowest BCUT2D eigenvalue weighted by Crippen LogP contribution is -2.11. The normalized spacial score (nSPS) is 10.9. The quantitative estimate of drug-likeness (QED) is 0.429. The van der Waals surface area contributed by atoms with Crippen LogP contribution in [0.4, 0.5) is 11.4 Å². The molecule has 1 amide bonds. The number of aryl methyl sites for hydroxylation is 1. The first-order chi connectivity index (χ1) is 13.0. The number of hydrogen-bond donors (Lipinski definition) is 1. The third-order valence-electron chi connectivity index (χ3n) is 3.88. The van der Waals surface area contributed by atoms with E-state index in [0.717, 1.165) is 21.4 Å². The second kappa shape index (κ2) is 6.57. The Morgan fingerprint density at radius 3 is 2.44 bits per heavy atom. The number of benzene rings is 2. The van der Waals surface area contributed by atoms with Crippen molar-refractivity contribution in [3.05, 3.63) is 70.0 Å². The number of anilines is 1. The van der Waals surface area contributed by atoms with Crippen LogP contribution in [0.1, 0.15) is 16.2 Å². The van der Waals surface area contributed by atoms with Gasteiger partial charge in [0.2, 0.25) is 4.96 Å². The molecule has 0 bridgehead atoms. The number of nitro groups is 1. The van der Waals surface area contributed by atoms with E-state index < -0.39 is 4.92 Å². The van der Waals surface area contributed by atoms with Crippen molar-refractivity contribution in [2.24, 2.45) is 0 Å². The molecule has 2 heterocycles. The first-order valence-corrected chi connectivity index (χ1v) is 8.68. The second-order valence-electron chi connectivity index (χ2n) is 5.68. The predicted octanol–water partition coefficient (Wildman–Crippen LogP) is 3.32. The summed E-state index contributed by atoms with van der Waals surface area (Å²) >= 11 is 1.43. The van der Waals surface area contributed by atoms with E-state index in [0.29, 0.717) is 11.3 Å². The molecule has 2 aromatic heterocycles. The summed E-state index contributed by atoms with van der Waals surface area (Å²) in [6.07, 6.45) is 0. The number of fused-ring (bicyclic) bond motifs is 1. The molecule has 0 spiro atoms. The number of nitrogens with zero attached hydrogens (tertiary/aromatic N) is 5. The number of nitro benzene ring substituents is 1. The van der Waals surface area contributed by atoms with Crippen molar-refractivity contribution >= 4 is 33.6 Å². The molecule has 4 aromatic rings. The second-order valence-corrected chi connectivity index (χ2v) is 6.64. The lowest BCUT2D eigenvalue weighted by Gasteiger charge is -2.06. The number of rotatable bonds is 4. The monoisotopic (exact) mass is 380 g/mol. The lowest BCUT2D eigenvalue weighted by molar-refractivity contribution is -0.384. The van der Waals surface area contributed by atoms with Crippen LogP contribution in [0, 0.1) is 17.0 Å². The maximum atomic E-state index is 12.3. The number of amides is 1. The van der Waals surface area contributed by atoms with Gasteiger partial charge in [0.25, 0.3) is 11.6 Å². The van der Waals surface area contributed by atoms with Crippen molar-refractivity contribution < 1.29 is 9.72 Å². The summed E-state index contributed by atoms with van der Waals surface area (Å²) in [4.78, 5) is 23.1. The number of non-ortho nitro benzene ring substituents is 1. The Bertz CT molecular complexity index is 1150. The summed E-state index contributed by atoms with van der Waals surface area (Å²) in [6, 6.07) is 12.7. The summed E-state index contributed by atoms with van der Waals surface area (Å²) in [5.74, 6) is 0.381. The molecule has 0 aliphatic heterocycles. The largest absolute Gasteiger partial charge is 0.322 e. The van der Waals surface area contributed by atoms with Gasteiger partial charge < -0.3 is 5.32 Å². The Hall–Kier alpha value is -3.66. The van der Waals surface area contributed by atoms with Crippen LogP contribution in [0.25, 0.3) is 15.5 Å². The maximum absolute atomic E-state index is 12.3. The van der Waals surface area contributed by atoms with Crippen LogP contribution in [0.3, 0.4) is 0 Å². The molecule has 0 atom stereocenters. The van der Waals surface area contributed by atoms with Crippen LogP contribution < -0.4 is 5.32 Å². The van der Waals surface area contributed by atoms with E-state index in [2.05, 4.69) is 20.6 Å². The fourth-order valence-corrected chi connectivity index (χ4v) is 3.36. The summed E-state index contributed by atoms with van der Waals surface area (Å²) in [7, 11) is 0. The molecule has 0 unspecified atom stereocenters. The highest BCUT2D eigenvalue weighted by Crippen LogP contribution is 2.26. The van der Waals surface area contributed by atoms with Gasteiger partial charge in [0.1, 0.15) is 5.01 Å². The van der Waals surface area contributed by atoms with Crippen molar-refractivity contribution in [3.8, 4) is 10.6 Å². The summed E-state index contributed by atoms with van der Waals surface area (Å²) in [5.41, 5.74) is 1.80. The Morgan fingerprint density at radius 1 is 1.11 bits per heavy atom. The van der Waals surface area contributed by atoms with Crippen LogP contribution >= 0.6 is 11.3 Å². The highest BCUT2D eigenvalue weighted by Gasteiger charge is 2.12. The molecule has 0 radical (unpaired) electrons. The first kappa shape index (κ1) is 16.8. The lowest BCUT2D eigenvalue weighted by atomic mass is 10.1. The Kier molecular flexibility index (Phi) is 4.09. The van der Waals surface area contributed by atoms with Crippen molar-refractivity contribution in [1.82, 2.24) is 19.8 Å². The number of nitrogens with one attached hydrogen (secondary N) is 1. The number of hydrogen-bond acceptors (Lipinski definition) is 7. The molecule has 134 valence electrons. The van der Waals surface area contributed by atoms with Crippen LogP contribution in [-0.2, 0) is 0 Å². The molecule has 9 nitrogen and oxygen atoms in total. The molecular formula is C17H12N6O3S. The van der Waals surface area contributed by atoms with Crippen LogP contribution in [0.5, 0.6) is 0 Å². The van der Waals surface area contributed by atoms with E-state index in [1.165, 1.54) is 35.6 Å². The van der Waals surface area contributed by atoms with E-state index >= 15 is 0 Å². The van der Waals surface area contributed by atoms with Gasteiger partial charge in [0, 0.05) is 28.9 Å². The minimum absolute atomic E-state index is 0.0591. The van der Waals surface area contributed by atoms with Gasteiger partial charge in [0.05, 0.1) is 4.92 Å². The van der Waals surface area contributed by atoms with Gasteiger partial charge in [-0.05, 0) is 43.3 Å². The van der Waals surface area contributed by atoms with Gasteiger partial charge in [-0.2, -0.15) is 9.61 Å². The van der Waals surface area contributed by atoms with Gasteiger partial charge in [-0.25, -0.2) is 0 Å². The van der Waals surface area contributed by atoms with Crippen molar-refractivity contribution in [2.45, 2.75) is 6.92 Å². The molecule has 0 fully saturated rings. The zero-order valence-corrected chi connectivity index (χ0v) is 14.8. The Balaban J connectivity index is 1.50. The third kappa shape index (κ3) is 3.25. The van der Waals surface area contributed by atoms with Gasteiger partial charge >= 0.3 is 0 Å². The van der Waals surface area contributed by atoms with E-state index in [9.17, 15) is 14.9 Å². The molecule has 0 aliphatic rings. The molecule has 27 heavy (non-hydrogen) atoms. The summed E-state index contributed by atoms with van der Waals surface area (Å²) in [6.45, 7) is 1.83. The van der Waals surface area contributed by atoms with Crippen molar-refractivity contribution in [3.63, 3.8) is 0 Å². The fourth-order valence-electron chi connectivity index (χ4n) is 2.47. The van der Waals surface area contributed by atoms with E-state index in [1.54, 1.807) is 16.6 Å². The molecule has 10 heteroatoms. The number of aromatic nitrogens is 4. The molecule has 2 aromatic carbocycles. The Labute approximate surface area is 156 Å². The minimum atomic E-state index is -0.506. The van der Waals surface area contributed by atoms with Crippen molar-refractivity contribution in [2.75, 3.05) is 5.32 Å². The standard InChI is InChI=1S/C17H12N6O3S/c1-10-19-20-17-22(10)21-16(27-17)12-2-6-13(7-3-12)18-15(24)11-4-8-14(9-5-11)23(25)26/h2-9H,1H3,(H,18,24). The third-order valence-corrected chi connectivity index (χ3v) is 4.82. The SMILES string of the molecule is Cc1nnc2sc(-c3ccc(NC(=O)c4ccc([N+](=O)[O-])cc4)cc3)nn12. The maximum Gasteiger partial charge on any atom is 0.269 e. The zero-order chi connectivity index (χ0) is 19.0. The van der Waals surface area contributed by atoms with Crippen LogP contribution in [-0.4, -0.2) is 30.6 Å². The van der Waals surface area contributed by atoms with Crippen LogP contribution in [0.15, 0.2) is 48.5 Å². The fraction of sp³-hybridized carbons (Fsp3) is 0.0588.